The maximum Gasteiger partial charge on any atom is 0.256 e. The molecule has 0 spiro atoms. The van der Waals surface area contributed by atoms with Crippen LogP contribution in [0.1, 0.15) is 20.8 Å². The Labute approximate surface area is 71.7 Å². The second-order valence-electron chi connectivity index (χ2n) is 2.93. The van der Waals surface area contributed by atoms with Gasteiger partial charge in [0.1, 0.15) is 6.04 Å². The lowest BCUT2D eigenvalue weighted by Gasteiger charge is -2.19. The first-order valence-corrected chi connectivity index (χ1v) is 3.76. The van der Waals surface area contributed by atoms with Gasteiger partial charge < -0.3 is 5.32 Å². The van der Waals surface area contributed by atoms with Crippen LogP contribution in [0, 0.1) is 5.92 Å². The smallest absolute Gasteiger partial charge is 0.256 e. The van der Waals surface area contributed by atoms with Crippen molar-refractivity contribution < 1.29 is 9.59 Å². The van der Waals surface area contributed by atoms with E-state index in [1.54, 1.807) is 0 Å². The van der Waals surface area contributed by atoms with E-state index in [4.69, 9.17) is 5.84 Å². The van der Waals surface area contributed by atoms with Crippen LogP contribution >= 0.6 is 0 Å². The number of amides is 2. The van der Waals surface area contributed by atoms with Gasteiger partial charge in [-0.05, 0) is 5.92 Å². The number of rotatable bonds is 3. The van der Waals surface area contributed by atoms with Gasteiger partial charge in [0.15, 0.2) is 0 Å². The van der Waals surface area contributed by atoms with E-state index in [1.807, 2.05) is 19.3 Å². The highest BCUT2D eigenvalue weighted by Crippen LogP contribution is 2.00. The number of nitrogens with one attached hydrogen (secondary N) is 2. The third-order valence-corrected chi connectivity index (χ3v) is 1.45. The van der Waals surface area contributed by atoms with Gasteiger partial charge >= 0.3 is 0 Å². The van der Waals surface area contributed by atoms with Crippen LogP contribution in [0.2, 0.25) is 0 Å². The van der Waals surface area contributed by atoms with Crippen molar-refractivity contribution in [3.05, 3.63) is 0 Å². The molecule has 5 nitrogen and oxygen atoms in total. The number of carbonyl (C=O) groups excluding carboxylic acids is 2. The Morgan fingerprint density at radius 2 is 1.83 bits per heavy atom. The monoisotopic (exact) mass is 173 g/mol. The van der Waals surface area contributed by atoms with E-state index in [0.29, 0.717) is 0 Å². The molecule has 0 heterocycles. The Balaban J connectivity index is 4.23. The molecule has 5 heteroatoms. The van der Waals surface area contributed by atoms with Crippen LogP contribution in [-0.2, 0) is 9.59 Å². The zero-order valence-electron chi connectivity index (χ0n) is 7.55. The van der Waals surface area contributed by atoms with Gasteiger partial charge in [0.25, 0.3) is 5.91 Å². The third kappa shape index (κ3) is 3.34. The SMILES string of the molecule is CC(=O)NC(C(=O)NN)C(C)C. The largest absolute Gasteiger partial charge is 0.344 e. The van der Waals surface area contributed by atoms with E-state index in [0.717, 1.165) is 0 Å². The molecule has 0 aliphatic carbocycles. The molecule has 0 radical (unpaired) electrons. The van der Waals surface area contributed by atoms with Crippen molar-refractivity contribution in [2.45, 2.75) is 26.8 Å². The Hall–Kier alpha value is -1.10. The fourth-order valence-electron chi connectivity index (χ4n) is 0.844. The minimum atomic E-state index is -0.549. The molecule has 1 unspecified atom stereocenters. The van der Waals surface area contributed by atoms with Crippen molar-refractivity contribution in [1.82, 2.24) is 10.7 Å². The second-order valence-corrected chi connectivity index (χ2v) is 2.93. The van der Waals surface area contributed by atoms with Gasteiger partial charge in [0.05, 0.1) is 0 Å². The van der Waals surface area contributed by atoms with Gasteiger partial charge in [-0.2, -0.15) is 0 Å². The highest BCUT2D eigenvalue weighted by molar-refractivity contribution is 5.86. The summed E-state index contributed by atoms with van der Waals surface area (Å²) in [6, 6.07) is -0.549. The molecule has 0 aromatic rings. The zero-order valence-corrected chi connectivity index (χ0v) is 7.55. The molecule has 0 aliphatic rings. The number of hydrazine groups is 1. The fourth-order valence-corrected chi connectivity index (χ4v) is 0.844. The predicted octanol–water partition coefficient (Wildman–Crippen LogP) is -0.863. The predicted molar refractivity (Wildman–Crippen MR) is 44.8 cm³/mol. The number of hydrogen-bond acceptors (Lipinski definition) is 3. The Morgan fingerprint density at radius 3 is 2.08 bits per heavy atom. The summed E-state index contributed by atoms with van der Waals surface area (Å²) in [6.07, 6.45) is 0. The van der Waals surface area contributed by atoms with E-state index in [9.17, 15) is 9.59 Å². The summed E-state index contributed by atoms with van der Waals surface area (Å²) in [5.41, 5.74) is 2.00. The summed E-state index contributed by atoms with van der Waals surface area (Å²) in [5, 5.41) is 2.50. The van der Waals surface area contributed by atoms with E-state index in [1.165, 1.54) is 6.92 Å². The summed E-state index contributed by atoms with van der Waals surface area (Å²) in [7, 11) is 0. The maximum absolute atomic E-state index is 11.0. The summed E-state index contributed by atoms with van der Waals surface area (Å²) in [5.74, 6) is 4.35. The molecule has 4 N–H and O–H groups in total. The van der Waals surface area contributed by atoms with Crippen molar-refractivity contribution in [2.75, 3.05) is 0 Å². The quantitative estimate of drug-likeness (QED) is 0.295. The van der Waals surface area contributed by atoms with E-state index in [2.05, 4.69) is 5.32 Å². The van der Waals surface area contributed by atoms with Crippen LogP contribution in [0.5, 0.6) is 0 Å². The number of carbonyl (C=O) groups is 2. The summed E-state index contributed by atoms with van der Waals surface area (Å²) >= 11 is 0. The molecule has 0 aliphatic heterocycles. The average Bonchev–Trinajstić information content (AvgIpc) is 1.98. The molecule has 70 valence electrons. The molecular weight excluding hydrogens is 158 g/mol. The standard InChI is InChI=1S/C7H15N3O2/c1-4(2)6(7(12)10-8)9-5(3)11/h4,6H,8H2,1-3H3,(H,9,11)(H,10,12). The zero-order chi connectivity index (χ0) is 9.72. The molecule has 1 atom stereocenters. The van der Waals surface area contributed by atoms with Crippen molar-refractivity contribution in [3.8, 4) is 0 Å². The van der Waals surface area contributed by atoms with Gasteiger partial charge in [-0.25, -0.2) is 5.84 Å². The minimum absolute atomic E-state index is 0.0254. The van der Waals surface area contributed by atoms with E-state index in [-0.39, 0.29) is 17.7 Å². The molecule has 0 saturated carbocycles. The average molecular weight is 173 g/mol. The molecule has 0 fully saturated rings. The van der Waals surface area contributed by atoms with Gasteiger partial charge in [0, 0.05) is 6.92 Å². The second kappa shape index (κ2) is 4.71. The first-order valence-electron chi connectivity index (χ1n) is 3.76. The minimum Gasteiger partial charge on any atom is -0.344 e. The summed E-state index contributed by atoms with van der Waals surface area (Å²) < 4.78 is 0. The Morgan fingerprint density at radius 1 is 1.33 bits per heavy atom. The summed E-state index contributed by atoms with van der Waals surface area (Å²) in [6.45, 7) is 5.02. The van der Waals surface area contributed by atoms with Gasteiger partial charge in [-0.3, -0.25) is 15.0 Å². The van der Waals surface area contributed by atoms with Gasteiger partial charge in [0.2, 0.25) is 5.91 Å². The molecule has 0 saturated heterocycles. The maximum atomic E-state index is 11.0. The molecule has 0 aromatic heterocycles. The Kier molecular flexibility index (Phi) is 4.28. The highest BCUT2D eigenvalue weighted by Gasteiger charge is 2.21. The Bertz CT molecular complexity index is 179. The first kappa shape index (κ1) is 10.9. The van der Waals surface area contributed by atoms with Crippen LogP contribution < -0.4 is 16.6 Å². The lowest BCUT2D eigenvalue weighted by Crippen LogP contribution is -2.51. The molecule has 2 amide bonds. The highest BCUT2D eigenvalue weighted by atomic mass is 16.2. The number of hydrogen-bond donors (Lipinski definition) is 3. The third-order valence-electron chi connectivity index (χ3n) is 1.45. The lowest BCUT2D eigenvalue weighted by molar-refractivity contribution is -0.129. The van der Waals surface area contributed by atoms with Gasteiger partial charge in [-0.15, -0.1) is 0 Å². The van der Waals surface area contributed by atoms with Crippen LogP contribution in [0.3, 0.4) is 0 Å². The van der Waals surface area contributed by atoms with E-state index < -0.39 is 6.04 Å². The molecule has 0 rings (SSSR count). The molecule has 0 bridgehead atoms. The van der Waals surface area contributed by atoms with Crippen LogP contribution in [0.15, 0.2) is 0 Å². The van der Waals surface area contributed by atoms with Gasteiger partial charge in [-0.1, -0.05) is 13.8 Å². The van der Waals surface area contributed by atoms with E-state index >= 15 is 0 Å². The normalized spacial score (nSPS) is 12.4. The number of nitrogens with two attached hydrogens (primary N) is 1. The fraction of sp³-hybridized carbons (Fsp3) is 0.714. The first-order chi connectivity index (χ1) is 5.49. The van der Waals surface area contributed by atoms with Crippen LogP contribution in [0.25, 0.3) is 0 Å². The van der Waals surface area contributed by atoms with Crippen molar-refractivity contribution in [1.29, 1.82) is 0 Å². The van der Waals surface area contributed by atoms with Crippen molar-refractivity contribution >= 4 is 11.8 Å². The lowest BCUT2D eigenvalue weighted by atomic mass is 10.0. The van der Waals surface area contributed by atoms with Crippen LogP contribution in [0.4, 0.5) is 0 Å². The summed E-state index contributed by atoms with van der Waals surface area (Å²) in [4.78, 5) is 21.7. The van der Waals surface area contributed by atoms with Crippen molar-refractivity contribution in [2.24, 2.45) is 11.8 Å². The van der Waals surface area contributed by atoms with Crippen LogP contribution in [-0.4, -0.2) is 17.9 Å². The molecule has 12 heavy (non-hydrogen) atoms. The molecular formula is C7H15N3O2. The molecule has 0 aromatic carbocycles. The van der Waals surface area contributed by atoms with Crippen molar-refractivity contribution in [3.63, 3.8) is 0 Å². The topological polar surface area (TPSA) is 84.2 Å².